The Morgan fingerprint density at radius 2 is 2.00 bits per heavy atom. The molecule has 2 rings (SSSR count). The molecule has 0 spiro atoms. The quantitative estimate of drug-likeness (QED) is 0.761. The first-order chi connectivity index (χ1) is 9.59. The Bertz CT molecular complexity index is 619. The van der Waals surface area contributed by atoms with Crippen LogP contribution in [0.5, 0.6) is 5.75 Å². The lowest BCUT2D eigenvalue weighted by Gasteiger charge is -2.38. The maximum atomic E-state index is 10.9. The van der Waals surface area contributed by atoms with Gasteiger partial charge in [-0.15, -0.1) is 0 Å². The van der Waals surface area contributed by atoms with Crippen LogP contribution in [0.3, 0.4) is 0 Å². The highest BCUT2D eigenvalue weighted by atomic mass is 79.9. The zero-order valence-electron chi connectivity index (χ0n) is 13.4. The van der Waals surface area contributed by atoms with Crippen LogP contribution in [0.25, 0.3) is 5.57 Å². The standard InChI is InChI=1S/C18H23BrO2/c1-17(2,3)13-6-8-18(4,5)14-12(13)10-11(7-9-20)16(21)15(14)19/h6,9-10,21H,7-8H2,1-5H3. The predicted octanol–water partition coefficient (Wildman–Crippen LogP) is 5.01. The Kier molecular flexibility index (Phi) is 4.09. The summed E-state index contributed by atoms with van der Waals surface area (Å²) in [5, 5.41) is 10.4. The summed E-state index contributed by atoms with van der Waals surface area (Å²) in [6, 6.07) is 1.99. The summed E-state index contributed by atoms with van der Waals surface area (Å²) in [6.07, 6.45) is 4.31. The average Bonchev–Trinajstić information content (AvgIpc) is 2.33. The molecular weight excluding hydrogens is 328 g/mol. The fraction of sp³-hybridized carbons (Fsp3) is 0.500. The number of halogens is 1. The molecule has 0 aromatic heterocycles. The maximum absolute atomic E-state index is 10.9. The molecule has 0 unspecified atom stereocenters. The number of allylic oxidation sites excluding steroid dienone is 2. The van der Waals surface area contributed by atoms with Crippen molar-refractivity contribution < 1.29 is 9.90 Å². The number of rotatable bonds is 2. The second kappa shape index (κ2) is 5.28. The number of aromatic hydroxyl groups is 1. The van der Waals surface area contributed by atoms with Crippen molar-refractivity contribution in [3.8, 4) is 5.75 Å². The van der Waals surface area contributed by atoms with Gasteiger partial charge in [0.1, 0.15) is 12.0 Å². The van der Waals surface area contributed by atoms with Gasteiger partial charge in [-0.1, -0.05) is 40.7 Å². The molecule has 0 saturated heterocycles. The van der Waals surface area contributed by atoms with E-state index in [1.54, 1.807) is 0 Å². The van der Waals surface area contributed by atoms with Crippen LogP contribution in [0.2, 0.25) is 0 Å². The number of hydrogen-bond acceptors (Lipinski definition) is 2. The molecule has 2 nitrogen and oxygen atoms in total. The van der Waals surface area contributed by atoms with Crippen LogP contribution < -0.4 is 0 Å². The third-order valence-electron chi connectivity index (χ3n) is 4.21. The fourth-order valence-electron chi connectivity index (χ4n) is 3.09. The Labute approximate surface area is 135 Å². The van der Waals surface area contributed by atoms with E-state index in [2.05, 4.69) is 56.6 Å². The van der Waals surface area contributed by atoms with E-state index in [1.165, 1.54) is 5.57 Å². The number of aldehydes is 1. The first-order valence-electron chi connectivity index (χ1n) is 7.29. The van der Waals surface area contributed by atoms with Crippen LogP contribution in [0.4, 0.5) is 0 Å². The van der Waals surface area contributed by atoms with Gasteiger partial charge in [0, 0.05) is 12.0 Å². The zero-order valence-corrected chi connectivity index (χ0v) is 15.0. The smallest absolute Gasteiger partial charge is 0.133 e. The summed E-state index contributed by atoms with van der Waals surface area (Å²) in [5.41, 5.74) is 4.25. The van der Waals surface area contributed by atoms with Gasteiger partial charge >= 0.3 is 0 Å². The third kappa shape index (κ3) is 2.80. The third-order valence-corrected chi connectivity index (χ3v) is 4.99. The number of fused-ring (bicyclic) bond motifs is 1. The van der Waals surface area contributed by atoms with Gasteiger partial charge < -0.3 is 9.90 Å². The lowest BCUT2D eigenvalue weighted by molar-refractivity contribution is -0.107. The Morgan fingerprint density at radius 1 is 1.38 bits per heavy atom. The molecule has 1 aliphatic rings. The Hall–Kier alpha value is -1.09. The zero-order chi connectivity index (χ0) is 16.0. The van der Waals surface area contributed by atoms with E-state index in [-0.39, 0.29) is 23.0 Å². The van der Waals surface area contributed by atoms with Gasteiger partial charge in [0.2, 0.25) is 0 Å². The number of hydrogen-bond donors (Lipinski definition) is 1. The molecule has 1 aliphatic carbocycles. The van der Waals surface area contributed by atoms with Crippen molar-refractivity contribution >= 4 is 27.8 Å². The summed E-state index contributed by atoms with van der Waals surface area (Å²) < 4.78 is 0.733. The molecule has 0 saturated carbocycles. The Morgan fingerprint density at radius 3 is 2.52 bits per heavy atom. The second-order valence-electron chi connectivity index (χ2n) is 7.45. The van der Waals surface area contributed by atoms with Crippen molar-refractivity contribution in [1.82, 2.24) is 0 Å². The van der Waals surface area contributed by atoms with E-state index >= 15 is 0 Å². The van der Waals surface area contributed by atoms with Crippen LogP contribution in [-0.4, -0.2) is 11.4 Å². The van der Waals surface area contributed by atoms with E-state index in [4.69, 9.17) is 0 Å². The second-order valence-corrected chi connectivity index (χ2v) is 8.24. The molecule has 21 heavy (non-hydrogen) atoms. The normalized spacial score (nSPS) is 17.1. The molecule has 0 atom stereocenters. The van der Waals surface area contributed by atoms with Crippen molar-refractivity contribution in [3.63, 3.8) is 0 Å². The van der Waals surface area contributed by atoms with E-state index in [1.807, 2.05) is 6.07 Å². The molecule has 114 valence electrons. The van der Waals surface area contributed by atoms with E-state index < -0.39 is 0 Å². The molecule has 1 aromatic carbocycles. The molecule has 0 heterocycles. The molecular formula is C18H23BrO2. The summed E-state index contributed by atoms with van der Waals surface area (Å²) in [7, 11) is 0. The van der Waals surface area contributed by atoms with Crippen molar-refractivity contribution in [1.29, 1.82) is 0 Å². The molecule has 0 fully saturated rings. The molecule has 3 heteroatoms. The van der Waals surface area contributed by atoms with Gasteiger partial charge in [0.15, 0.2) is 0 Å². The average molecular weight is 351 g/mol. The first kappa shape index (κ1) is 16.3. The van der Waals surface area contributed by atoms with Gasteiger partial charge in [0.05, 0.1) is 4.47 Å². The van der Waals surface area contributed by atoms with Crippen LogP contribution >= 0.6 is 15.9 Å². The number of carbonyl (C=O) groups is 1. The first-order valence-corrected chi connectivity index (χ1v) is 8.08. The molecule has 0 bridgehead atoms. The minimum absolute atomic E-state index is 0.0279. The molecule has 1 N–H and O–H groups in total. The number of phenols is 1. The number of carbonyl (C=O) groups excluding carboxylic acids is 1. The minimum atomic E-state index is -0.0416. The lowest BCUT2D eigenvalue weighted by Crippen LogP contribution is -2.26. The summed E-state index contributed by atoms with van der Waals surface area (Å²) in [5.74, 6) is 0.198. The number of benzene rings is 1. The number of phenolic OH excluding ortho intramolecular Hbond substituents is 1. The van der Waals surface area contributed by atoms with Crippen LogP contribution in [-0.2, 0) is 16.6 Å². The minimum Gasteiger partial charge on any atom is -0.506 e. The van der Waals surface area contributed by atoms with Gasteiger partial charge in [-0.05, 0) is 55.9 Å². The largest absolute Gasteiger partial charge is 0.506 e. The van der Waals surface area contributed by atoms with Crippen molar-refractivity contribution in [2.45, 2.75) is 52.9 Å². The van der Waals surface area contributed by atoms with Crippen LogP contribution in [0.1, 0.15) is 57.7 Å². The highest BCUT2D eigenvalue weighted by molar-refractivity contribution is 9.10. The monoisotopic (exact) mass is 350 g/mol. The van der Waals surface area contributed by atoms with Crippen LogP contribution in [0.15, 0.2) is 16.6 Å². The van der Waals surface area contributed by atoms with E-state index in [0.29, 0.717) is 5.56 Å². The van der Waals surface area contributed by atoms with Crippen molar-refractivity contribution in [2.75, 3.05) is 0 Å². The lowest BCUT2D eigenvalue weighted by atomic mass is 9.68. The Balaban J connectivity index is 2.79. The molecule has 1 aromatic rings. The van der Waals surface area contributed by atoms with Crippen LogP contribution in [0, 0.1) is 5.41 Å². The highest BCUT2D eigenvalue weighted by Crippen LogP contribution is 2.50. The molecule has 0 amide bonds. The molecule has 0 radical (unpaired) electrons. The highest BCUT2D eigenvalue weighted by Gasteiger charge is 2.35. The summed E-state index contributed by atoms with van der Waals surface area (Å²) in [4.78, 5) is 10.9. The van der Waals surface area contributed by atoms with E-state index in [0.717, 1.165) is 28.3 Å². The van der Waals surface area contributed by atoms with E-state index in [9.17, 15) is 9.90 Å². The van der Waals surface area contributed by atoms with Gasteiger partial charge in [-0.3, -0.25) is 0 Å². The summed E-state index contributed by atoms with van der Waals surface area (Å²) >= 11 is 3.56. The maximum Gasteiger partial charge on any atom is 0.133 e. The van der Waals surface area contributed by atoms with Crippen molar-refractivity contribution in [2.24, 2.45) is 5.41 Å². The van der Waals surface area contributed by atoms with Gasteiger partial charge in [-0.2, -0.15) is 0 Å². The predicted molar refractivity (Wildman–Crippen MR) is 90.6 cm³/mol. The fourth-order valence-corrected chi connectivity index (χ4v) is 4.10. The topological polar surface area (TPSA) is 37.3 Å². The molecule has 0 aliphatic heterocycles. The van der Waals surface area contributed by atoms with Gasteiger partial charge in [0.25, 0.3) is 0 Å². The van der Waals surface area contributed by atoms with Crippen molar-refractivity contribution in [3.05, 3.63) is 33.3 Å². The van der Waals surface area contributed by atoms with Gasteiger partial charge in [-0.25, -0.2) is 0 Å². The SMILES string of the molecule is CC(C)(C)C1=CCC(C)(C)c2c1cc(CC=O)c(O)c2Br. The summed E-state index contributed by atoms with van der Waals surface area (Å²) in [6.45, 7) is 11.0.